The minimum Gasteiger partial charge on any atom is -0.396 e. The highest BCUT2D eigenvalue weighted by molar-refractivity contribution is 6.43. The van der Waals surface area contributed by atoms with Crippen molar-refractivity contribution in [3.8, 4) is 0 Å². The predicted molar refractivity (Wildman–Crippen MR) is 424 cm³/mol. The maximum Gasteiger partial charge on any atom is 0.256 e. The van der Waals surface area contributed by atoms with Crippen molar-refractivity contribution in [1.29, 1.82) is 0 Å². The first-order valence-electron chi connectivity index (χ1n) is 37.6. The van der Waals surface area contributed by atoms with E-state index in [9.17, 15) is 29.7 Å². The Morgan fingerprint density at radius 3 is 1.36 bits per heavy atom. The average Bonchev–Trinajstić information content (AvgIpc) is 0.844. The third-order valence-corrected chi connectivity index (χ3v) is 25.9. The van der Waals surface area contributed by atoms with E-state index in [1.165, 1.54) is 16.7 Å². The van der Waals surface area contributed by atoms with Crippen LogP contribution in [0.15, 0.2) is 169 Å². The van der Waals surface area contributed by atoms with Gasteiger partial charge in [0.1, 0.15) is 0 Å². The SMILES string of the molecule is O=C(C1=CN=C2C=CC=CC2C1)N1CCC(N2CCC(Cc3ccc(Cl)c(Cl)c3)[C@H](CO)C2)CC1.O=C(c1cccc2cccnc12)N1CCC(N2CCC(Cc3ccc(Cl)c(Cl)c3)[C@H](CO)C2)CC1.O=C(c1ccnc2ccccc12)N1CCC(N2CCC(Cc3ccc(Cl)c(Cl)c3)[C@H](CO)C2)CC1. The van der Waals surface area contributed by atoms with Crippen molar-refractivity contribution in [2.45, 2.75) is 102 Å². The van der Waals surface area contributed by atoms with Crippen LogP contribution in [0.4, 0.5) is 0 Å². The number of likely N-dealkylation sites (tertiary alicyclic amines) is 6. The summed E-state index contributed by atoms with van der Waals surface area (Å²) in [6.07, 6.45) is 25.9. The molecule has 15 rings (SSSR count). The molecule has 105 heavy (non-hydrogen) atoms. The summed E-state index contributed by atoms with van der Waals surface area (Å²) in [4.78, 5) is 66.7. The molecule has 4 unspecified atom stereocenters. The number of carbonyl (C=O) groups excluding carboxylic acids is 3. The van der Waals surface area contributed by atoms with Gasteiger partial charge in [0, 0.05) is 143 Å². The number of fused-ring (bicyclic) bond motifs is 3. The first kappa shape index (κ1) is 76.9. The number of aromatic nitrogens is 2. The second-order valence-electron chi connectivity index (χ2n) is 29.9. The zero-order valence-corrected chi connectivity index (χ0v) is 64.0. The van der Waals surface area contributed by atoms with E-state index in [2.05, 4.69) is 35.7 Å². The van der Waals surface area contributed by atoms with Crippen LogP contribution in [0.5, 0.6) is 0 Å². The Kier molecular flexibility index (Phi) is 26.6. The quantitative estimate of drug-likeness (QED) is 0.0893. The van der Waals surface area contributed by atoms with Gasteiger partial charge in [0.05, 0.1) is 52.3 Å². The highest BCUT2D eigenvalue weighted by Gasteiger charge is 2.39. The summed E-state index contributed by atoms with van der Waals surface area (Å²) in [5.74, 6) is 2.53. The topological polar surface area (TPSA) is 169 Å². The molecule has 6 fully saturated rings. The predicted octanol–water partition coefficient (Wildman–Crippen LogP) is 15.6. The monoisotopic (exact) mass is 1540 g/mol. The number of halogens is 6. The van der Waals surface area contributed by atoms with E-state index in [4.69, 9.17) is 69.6 Å². The third-order valence-electron chi connectivity index (χ3n) is 23.6. The van der Waals surface area contributed by atoms with Gasteiger partial charge in [0.2, 0.25) is 0 Å². The van der Waals surface area contributed by atoms with Crippen LogP contribution < -0.4 is 0 Å². The van der Waals surface area contributed by atoms with Gasteiger partial charge in [-0.2, -0.15) is 0 Å². The number of rotatable bonds is 15. The fourth-order valence-corrected chi connectivity index (χ4v) is 18.5. The lowest BCUT2D eigenvalue weighted by atomic mass is 9.80. The fraction of sp³-hybridized carbons (Fsp3) is 0.452. The number of pyridine rings is 2. The van der Waals surface area contributed by atoms with Crippen molar-refractivity contribution in [3.63, 3.8) is 0 Å². The Bertz CT molecular complexity index is 4130. The van der Waals surface area contributed by atoms with E-state index in [-0.39, 0.29) is 61.2 Å². The minimum absolute atomic E-state index is 0.0707. The highest BCUT2D eigenvalue weighted by Crippen LogP contribution is 2.38. The van der Waals surface area contributed by atoms with Gasteiger partial charge in [0.25, 0.3) is 17.7 Å². The molecule has 554 valence electrons. The van der Waals surface area contributed by atoms with Crippen LogP contribution in [0.1, 0.15) is 102 Å². The first-order valence-corrected chi connectivity index (χ1v) is 39.9. The van der Waals surface area contributed by atoms with Crippen LogP contribution in [0.2, 0.25) is 30.1 Å². The summed E-state index contributed by atoms with van der Waals surface area (Å²) in [6.45, 7) is 10.9. The highest BCUT2D eigenvalue weighted by atomic mass is 35.5. The summed E-state index contributed by atoms with van der Waals surface area (Å²) >= 11 is 36.8. The molecule has 7 atom stereocenters. The van der Waals surface area contributed by atoms with Crippen LogP contribution in [0, 0.1) is 41.4 Å². The molecule has 9 heterocycles. The summed E-state index contributed by atoms with van der Waals surface area (Å²) in [7, 11) is 0. The Morgan fingerprint density at radius 1 is 0.429 bits per heavy atom. The van der Waals surface area contributed by atoms with Gasteiger partial charge in [0.15, 0.2) is 0 Å². The van der Waals surface area contributed by atoms with Crippen molar-refractivity contribution >= 4 is 115 Å². The van der Waals surface area contributed by atoms with E-state index >= 15 is 0 Å². The number of piperidine rings is 6. The molecule has 15 nitrogen and oxygen atoms in total. The van der Waals surface area contributed by atoms with Crippen LogP contribution in [0.3, 0.4) is 0 Å². The molecule has 0 bridgehead atoms. The molecule has 6 saturated heterocycles. The zero-order chi connectivity index (χ0) is 73.1. The number of aliphatic hydroxyl groups is 3. The van der Waals surface area contributed by atoms with Gasteiger partial charge in [-0.05, 0) is 222 Å². The number of hydrogen-bond donors (Lipinski definition) is 3. The van der Waals surface area contributed by atoms with Crippen molar-refractivity contribution in [2.75, 3.05) is 98.4 Å². The summed E-state index contributed by atoms with van der Waals surface area (Å²) in [6, 6.07) is 38.2. The molecule has 3 N–H and O–H groups in total. The molecule has 0 radical (unpaired) electrons. The molecule has 0 saturated carbocycles. The maximum atomic E-state index is 13.3. The Balaban J connectivity index is 0.000000140. The Hall–Kier alpha value is -6.28. The number of hydrogen-bond acceptors (Lipinski definition) is 12. The molecule has 2 aromatic heterocycles. The van der Waals surface area contributed by atoms with Gasteiger partial charge in [-0.25, -0.2) is 0 Å². The van der Waals surface area contributed by atoms with Gasteiger partial charge < -0.3 is 30.0 Å². The van der Waals surface area contributed by atoms with Gasteiger partial charge in [-0.3, -0.25) is 44.0 Å². The summed E-state index contributed by atoms with van der Waals surface area (Å²) in [5, 5.41) is 35.8. The van der Waals surface area contributed by atoms with Gasteiger partial charge >= 0.3 is 0 Å². The van der Waals surface area contributed by atoms with Crippen LogP contribution in [-0.2, 0) is 24.1 Å². The van der Waals surface area contributed by atoms with Crippen molar-refractivity contribution in [1.82, 2.24) is 39.4 Å². The van der Waals surface area contributed by atoms with Crippen molar-refractivity contribution in [3.05, 3.63) is 222 Å². The molecule has 7 aromatic rings. The Morgan fingerprint density at radius 2 is 0.886 bits per heavy atom. The second-order valence-corrected chi connectivity index (χ2v) is 32.3. The van der Waals surface area contributed by atoms with Gasteiger partial charge in [-0.15, -0.1) is 0 Å². The van der Waals surface area contributed by atoms with Crippen molar-refractivity contribution < 1.29 is 29.7 Å². The van der Waals surface area contributed by atoms with E-state index < -0.39 is 0 Å². The Labute approximate surface area is 647 Å². The fourth-order valence-electron chi connectivity index (χ4n) is 17.5. The van der Waals surface area contributed by atoms with E-state index in [1.807, 2.05) is 148 Å². The van der Waals surface area contributed by atoms with Crippen molar-refractivity contribution in [2.24, 2.45) is 46.4 Å². The number of allylic oxidation sites excluding steroid dienone is 4. The lowest BCUT2D eigenvalue weighted by molar-refractivity contribution is -0.129. The molecule has 8 aliphatic rings. The minimum atomic E-state index is 0.0707. The smallest absolute Gasteiger partial charge is 0.256 e. The first-order chi connectivity index (χ1) is 51.1. The number of benzene rings is 5. The number of aliphatic hydroxyl groups excluding tert-OH is 3. The maximum absolute atomic E-state index is 13.3. The lowest BCUT2D eigenvalue weighted by Crippen LogP contribution is -2.52. The largest absolute Gasteiger partial charge is 0.396 e. The number of nitrogens with zero attached hydrogens (tertiary/aromatic N) is 9. The molecular weight excluding hydrogens is 1440 g/mol. The summed E-state index contributed by atoms with van der Waals surface area (Å²) < 4.78 is 0. The van der Waals surface area contributed by atoms with Gasteiger partial charge in [-0.1, -0.05) is 142 Å². The standard InChI is InChI=1S/2C28H31Cl2N3O2.C28H33Cl2N3O2/c29-25-7-6-19(16-26(25)30)15-21-8-12-33(17-22(21)18-34)23-9-13-32(14-10-23)28(35)24-5-1-3-20-4-2-11-31-27(20)24;29-25-6-5-19(16-26(25)30)15-20-8-12-33(17-21(20)18-34)22-9-13-32(14-10-22)28(35)24-7-11-31-27-4-2-1-3-23(24)27;29-25-6-5-19(14-26(25)30)13-20-7-10-33(17-23(20)18-34)24-8-11-32(12-9-24)28(35)22-15-21-3-1-2-4-27(21)31-16-22/h1-7,11,16,21-23,34H,8-10,12-15,17-18H2;1-7,11,16,20-22,34H,8-10,12-15,17-18H2;1-6,14,16,20-21,23-24,34H,7-13,15,17-18H2/t21?,22-;20?,21-;20?,21?,23-/m000/s1. The molecule has 7 aliphatic heterocycles. The molecule has 5 aromatic carbocycles. The third kappa shape index (κ3) is 18.9. The molecular formula is C84H95Cl6N9O6. The van der Waals surface area contributed by atoms with E-state index in [0.29, 0.717) is 71.6 Å². The average molecular weight is 1540 g/mol. The number of para-hydroxylation sites is 2. The zero-order valence-electron chi connectivity index (χ0n) is 59.4. The summed E-state index contributed by atoms with van der Waals surface area (Å²) in [5.41, 5.74) is 8.44. The molecule has 0 spiro atoms. The number of aliphatic imine (C=N–C) groups is 1. The molecule has 3 amide bonds. The van der Waals surface area contributed by atoms with Crippen LogP contribution in [-0.4, -0.2) is 195 Å². The number of carbonyl (C=O) groups is 3. The molecule has 21 heteroatoms. The van der Waals surface area contributed by atoms with E-state index in [0.717, 1.165) is 201 Å². The van der Waals surface area contributed by atoms with Crippen LogP contribution in [0.25, 0.3) is 21.8 Å². The lowest BCUT2D eigenvalue weighted by Gasteiger charge is -2.45. The second kappa shape index (κ2) is 36.3. The molecule has 1 aliphatic carbocycles. The van der Waals surface area contributed by atoms with E-state index in [1.54, 1.807) is 18.6 Å². The normalized spacial score (nSPS) is 23.8. The van der Waals surface area contributed by atoms with Crippen LogP contribution >= 0.6 is 69.6 Å². The number of amides is 3.